The lowest BCUT2D eigenvalue weighted by atomic mass is 9.93. The van der Waals surface area contributed by atoms with E-state index in [0.29, 0.717) is 34.3 Å². The molecule has 34 heavy (non-hydrogen) atoms. The average molecular weight is 542 g/mol. The fourth-order valence-electron chi connectivity index (χ4n) is 3.67. The number of carbonyl (C=O) groups excluding carboxylic acids is 1. The lowest BCUT2D eigenvalue weighted by molar-refractivity contribution is -0.274. The molecule has 0 aliphatic heterocycles. The summed E-state index contributed by atoms with van der Waals surface area (Å²) < 4.78 is 49.7. The molecule has 0 saturated carbocycles. The normalized spacial score (nSPS) is 12.6. The molecule has 2 aromatic heterocycles. The fourth-order valence-corrected chi connectivity index (χ4v) is 4.03. The summed E-state index contributed by atoms with van der Waals surface area (Å²) in [5.41, 5.74) is 2.55. The molecule has 1 aliphatic rings. The number of nitrogens with zero attached hydrogens (tertiary/aromatic N) is 4. The van der Waals surface area contributed by atoms with Crippen LogP contribution in [0.3, 0.4) is 0 Å². The van der Waals surface area contributed by atoms with Crippen LogP contribution in [0, 0.1) is 0 Å². The van der Waals surface area contributed by atoms with Gasteiger partial charge in [-0.25, -0.2) is 14.8 Å². The van der Waals surface area contributed by atoms with Gasteiger partial charge in [0.15, 0.2) is 11.4 Å². The highest BCUT2D eigenvalue weighted by molar-refractivity contribution is 9.10. The Morgan fingerprint density at radius 2 is 2.12 bits per heavy atom. The van der Waals surface area contributed by atoms with E-state index in [2.05, 4.69) is 41.1 Å². The van der Waals surface area contributed by atoms with E-state index in [9.17, 15) is 23.1 Å². The van der Waals surface area contributed by atoms with Crippen LogP contribution < -0.4 is 10.1 Å². The Labute approximate surface area is 200 Å². The molecule has 0 radical (unpaired) electrons. The van der Waals surface area contributed by atoms with Crippen LogP contribution in [0.25, 0.3) is 11.4 Å². The van der Waals surface area contributed by atoms with Crippen LogP contribution in [0.2, 0.25) is 0 Å². The zero-order chi connectivity index (χ0) is 24.5. The van der Waals surface area contributed by atoms with Crippen molar-refractivity contribution in [2.45, 2.75) is 32.7 Å². The van der Waals surface area contributed by atoms with Crippen LogP contribution in [0.1, 0.15) is 28.5 Å². The number of aliphatic hydroxyl groups is 1. The van der Waals surface area contributed by atoms with Gasteiger partial charge in [-0.1, -0.05) is 15.9 Å². The van der Waals surface area contributed by atoms with E-state index in [0.717, 1.165) is 5.56 Å². The Morgan fingerprint density at radius 3 is 2.82 bits per heavy atom. The first-order valence-corrected chi connectivity index (χ1v) is 11.1. The van der Waals surface area contributed by atoms with Crippen molar-refractivity contribution in [1.29, 1.82) is 0 Å². The first-order valence-electron chi connectivity index (χ1n) is 10.3. The topological polar surface area (TPSA) is 111 Å². The van der Waals surface area contributed by atoms with E-state index >= 15 is 0 Å². The third kappa shape index (κ3) is 4.99. The Hall–Kier alpha value is -3.19. The molecule has 0 bridgehead atoms. The number of ether oxygens (including phenoxy) is 2. The van der Waals surface area contributed by atoms with Gasteiger partial charge in [0.1, 0.15) is 0 Å². The maximum absolute atomic E-state index is 12.8. The van der Waals surface area contributed by atoms with Gasteiger partial charge >= 0.3 is 12.3 Å². The number of hydrogen-bond acceptors (Lipinski definition) is 8. The van der Waals surface area contributed by atoms with Crippen molar-refractivity contribution in [3.63, 3.8) is 0 Å². The summed E-state index contributed by atoms with van der Waals surface area (Å²) in [7, 11) is 0. The highest BCUT2D eigenvalue weighted by Gasteiger charge is 2.33. The van der Waals surface area contributed by atoms with Gasteiger partial charge in [0, 0.05) is 16.2 Å². The molecule has 9 nitrogen and oxygen atoms in total. The molecule has 1 aliphatic carbocycles. The van der Waals surface area contributed by atoms with Crippen LogP contribution in [-0.4, -0.2) is 50.4 Å². The summed E-state index contributed by atoms with van der Waals surface area (Å²) in [6, 6.07) is 3.99. The molecule has 0 unspecified atom stereocenters. The maximum atomic E-state index is 12.8. The zero-order valence-electron chi connectivity index (χ0n) is 17.8. The summed E-state index contributed by atoms with van der Waals surface area (Å²) in [6.07, 6.45) is -2.29. The van der Waals surface area contributed by atoms with E-state index in [4.69, 9.17) is 4.74 Å². The molecular formula is C21H19BrF3N5O4. The second-order valence-corrected chi connectivity index (χ2v) is 8.14. The third-order valence-electron chi connectivity index (χ3n) is 4.98. The number of benzene rings is 1. The first-order chi connectivity index (χ1) is 16.2. The second-order valence-electron chi connectivity index (χ2n) is 7.22. The minimum Gasteiger partial charge on any atom is -0.461 e. The van der Waals surface area contributed by atoms with Gasteiger partial charge in [0.25, 0.3) is 0 Å². The third-order valence-corrected chi connectivity index (χ3v) is 5.47. The van der Waals surface area contributed by atoms with Gasteiger partial charge in [-0.05, 0) is 43.5 Å². The monoisotopic (exact) mass is 541 g/mol. The second kappa shape index (κ2) is 9.58. The first kappa shape index (κ1) is 24.0. The summed E-state index contributed by atoms with van der Waals surface area (Å²) >= 11 is 3.23. The number of esters is 1. The van der Waals surface area contributed by atoms with Crippen molar-refractivity contribution in [1.82, 2.24) is 19.7 Å². The SMILES string of the molecule is CCOC(=O)c1nn(CCO)c2c1CCc1cnc(Nc3cc(Br)ccc3OC(F)(F)F)nc1-2. The molecule has 0 fully saturated rings. The summed E-state index contributed by atoms with van der Waals surface area (Å²) in [5, 5.41) is 16.6. The highest BCUT2D eigenvalue weighted by Crippen LogP contribution is 2.37. The van der Waals surface area contributed by atoms with Crippen molar-refractivity contribution < 1.29 is 32.5 Å². The van der Waals surface area contributed by atoms with E-state index in [1.807, 2.05) is 0 Å². The lowest BCUT2D eigenvalue weighted by Crippen LogP contribution is -2.18. The van der Waals surface area contributed by atoms with Crippen LogP contribution in [0.4, 0.5) is 24.8 Å². The Bertz CT molecular complexity index is 1230. The number of halogens is 4. The smallest absolute Gasteiger partial charge is 0.461 e. The van der Waals surface area contributed by atoms with Gasteiger partial charge in [0.2, 0.25) is 5.95 Å². The maximum Gasteiger partial charge on any atom is 0.573 e. The predicted octanol–water partition coefficient (Wildman–Crippen LogP) is 4.01. The van der Waals surface area contributed by atoms with Crippen LogP contribution in [-0.2, 0) is 24.1 Å². The Balaban J connectivity index is 1.75. The van der Waals surface area contributed by atoms with Crippen molar-refractivity contribution in [2.75, 3.05) is 18.5 Å². The van der Waals surface area contributed by atoms with Gasteiger partial charge in [-0.2, -0.15) is 5.10 Å². The fraction of sp³-hybridized carbons (Fsp3) is 0.333. The number of aryl methyl sites for hydroxylation is 1. The average Bonchev–Trinajstić information content (AvgIpc) is 3.14. The number of fused-ring (bicyclic) bond motifs is 3. The zero-order valence-corrected chi connectivity index (χ0v) is 19.4. The van der Waals surface area contributed by atoms with Crippen LogP contribution in [0.15, 0.2) is 28.9 Å². The molecule has 13 heteroatoms. The summed E-state index contributed by atoms with van der Waals surface area (Å²) in [5.74, 6) is -1.01. The lowest BCUT2D eigenvalue weighted by Gasteiger charge is -2.19. The Kier molecular flexibility index (Phi) is 6.75. The van der Waals surface area contributed by atoms with E-state index < -0.39 is 18.1 Å². The standard InChI is InChI=1S/C21H19BrF3N5O4/c1-2-33-19(32)17-13-5-3-11-10-26-20(28-16(11)18(13)30(29-17)7-8-31)27-14-9-12(22)4-6-15(14)34-21(23,24)25/h4,6,9-10,31H,2-3,5,7-8H2,1H3,(H,26,27,28). The summed E-state index contributed by atoms with van der Waals surface area (Å²) in [4.78, 5) is 21.2. The number of aliphatic hydroxyl groups excluding tert-OH is 1. The predicted molar refractivity (Wildman–Crippen MR) is 118 cm³/mol. The number of carbonyl (C=O) groups is 1. The number of aromatic nitrogens is 4. The summed E-state index contributed by atoms with van der Waals surface area (Å²) in [6.45, 7) is 1.76. The quantitative estimate of drug-likeness (QED) is 0.431. The number of alkyl halides is 3. The molecular weight excluding hydrogens is 523 g/mol. The Morgan fingerprint density at radius 1 is 1.32 bits per heavy atom. The van der Waals surface area contributed by atoms with Gasteiger partial charge in [-0.15, -0.1) is 13.2 Å². The van der Waals surface area contributed by atoms with E-state index in [-0.39, 0.29) is 37.1 Å². The number of anilines is 2. The number of nitrogens with one attached hydrogen (secondary N) is 1. The molecule has 3 aromatic rings. The molecule has 0 atom stereocenters. The molecule has 0 saturated heterocycles. The molecule has 180 valence electrons. The molecule has 0 amide bonds. The van der Waals surface area contributed by atoms with Crippen molar-refractivity contribution in [2.24, 2.45) is 0 Å². The minimum atomic E-state index is -4.88. The van der Waals surface area contributed by atoms with Crippen molar-refractivity contribution in [3.05, 3.63) is 45.7 Å². The van der Waals surface area contributed by atoms with E-state index in [1.54, 1.807) is 13.1 Å². The molecule has 2 heterocycles. The molecule has 1 aromatic carbocycles. The van der Waals surface area contributed by atoms with Crippen molar-refractivity contribution >= 4 is 33.5 Å². The number of hydrogen-bond donors (Lipinski definition) is 2. The molecule has 4 rings (SSSR count). The van der Waals surface area contributed by atoms with Crippen LogP contribution >= 0.6 is 15.9 Å². The van der Waals surface area contributed by atoms with Gasteiger partial charge < -0.3 is 19.9 Å². The van der Waals surface area contributed by atoms with E-state index in [1.165, 1.54) is 22.9 Å². The number of rotatable bonds is 7. The minimum absolute atomic E-state index is 0.00115. The van der Waals surface area contributed by atoms with Gasteiger partial charge in [-0.3, -0.25) is 4.68 Å². The molecule has 0 spiro atoms. The largest absolute Gasteiger partial charge is 0.573 e. The highest BCUT2D eigenvalue weighted by atomic mass is 79.9. The van der Waals surface area contributed by atoms with Crippen molar-refractivity contribution in [3.8, 4) is 17.1 Å². The molecule has 2 N–H and O–H groups in total. The van der Waals surface area contributed by atoms with Gasteiger partial charge in [0.05, 0.1) is 36.8 Å². The van der Waals surface area contributed by atoms with Crippen LogP contribution in [0.5, 0.6) is 5.75 Å².